The zero-order chi connectivity index (χ0) is 48.8. The Hall–Kier alpha value is -4.25. The first-order valence-electron chi connectivity index (χ1n) is 20.2. The molecule has 2 saturated heterocycles. The predicted molar refractivity (Wildman–Crippen MR) is 239 cm³/mol. The van der Waals surface area contributed by atoms with Crippen LogP contribution in [0, 0.1) is 6.92 Å². The van der Waals surface area contributed by atoms with Crippen LogP contribution in [0.3, 0.4) is 0 Å². The third-order valence-electron chi connectivity index (χ3n) is 9.87. The van der Waals surface area contributed by atoms with E-state index in [1.807, 2.05) is 39.8 Å². The molecule has 2 fully saturated rings. The number of hydrogen-bond donors (Lipinski definition) is 8. The van der Waals surface area contributed by atoms with Crippen molar-refractivity contribution < 1.29 is 76.1 Å². The topological polar surface area (TPSA) is 377 Å². The molecule has 0 aliphatic carbocycles. The van der Waals surface area contributed by atoms with Crippen molar-refractivity contribution >= 4 is 72.1 Å². The Balaban J connectivity index is 1.20. The molecule has 4 aromatic rings. The Morgan fingerprint density at radius 1 is 0.910 bits per heavy atom. The number of hydrogen-bond acceptors (Lipinski definition) is 22. The van der Waals surface area contributed by atoms with Crippen molar-refractivity contribution in [2.45, 2.75) is 107 Å². The Morgan fingerprint density at radius 2 is 1.55 bits per heavy atom. The summed E-state index contributed by atoms with van der Waals surface area (Å²) in [7, 11) is -7.85. The molecule has 368 valence electrons. The van der Waals surface area contributed by atoms with Gasteiger partial charge in [0.1, 0.15) is 73.0 Å². The Bertz CT molecular complexity index is 2510. The molecule has 1 amide bonds. The first-order chi connectivity index (χ1) is 31.4. The van der Waals surface area contributed by atoms with Gasteiger partial charge in [0.05, 0.1) is 32.6 Å². The van der Waals surface area contributed by atoms with Gasteiger partial charge in [-0.15, -0.1) is 0 Å². The smallest absolute Gasteiger partial charge is 0.455 e. The molecule has 2 aliphatic heterocycles. The molecule has 0 saturated carbocycles. The summed E-state index contributed by atoms with van der Waals surface area (Å²) in [5.74, 6) is -1.09. The van der Waals surface area contributed by atoms with Crippen molar-refractivity contribution in [3.8, 4) is 0 Å². The first kappa shape index (κ1) is 52.1. The van der Waals surface area contributed by atoms with Crippen LogP contribution in [0.15, 0.2) is 54.0 Å². The number of anilines is 2. The molecule has 67 heavy (non-hydrogen) atoms. The summed E-state index contributed by atoms with van der Waals surface area (Å²) in [6.45, 7) is 5.14. The average Bonchev–Trinajstić information content (AvgIpc) is 3.88. The minimum Gasteiger partial charge on any atom is -0.455 e. The zero-order valence-electron chi connectivity index (χ0n) is 36.2. The van der Waals surface area contributed by atoms with Crippen molar-refractivity contribution in [1.82, 2.24) is 34.4 Å². The van der Waals surface area contributed by atoms with Gasteiger partial charge >= 0.3 is 33.4 Å². The molecule has 0 radical (unpaired) electrons. The van der Waals surface area contributed by atoms with Gasteiger partial charge in [-0.05, 0) is 18.6 Å². The fourth-order valence-corrected chi connectivity index (χ4v) is 10.4. The number of nitrogens with zero attached hydrogens (tertiary/aromatic N) is 6. The fourth-order valence-electron chi connectivity index (χ4n) is 6.68. The summed E-state index contributed by atoms with van der Waals surface area (Å²) in [5, 5.41) is 25.4. The van der Waals surface area contributed by atoms with Crippen LogP contribution in [0.1, 0.15) is 31.9 Å². The van der Waals surface area contributed by atoms with E-state index in [0.717, 1.165) is 10.1 Å². The Labute approximate surface area is 389 Å². The van der Waals surface area contributed by atoms with Crippen molar-refractivity contribution in [2.75, 3.05) is 30.4 Å². The summed E-state index contributed by atoms with van der Waals surface area (Å²) in [6, 6.07) is 7.17. The van der Waals surface area contributed by atoms with Crippen molar-refractivity contribution in [2.24, 2.45) is 0 Å². The second-order valence-electron chi connectivity index (χ2n) is 16.3. The van der Waals surface area contributed by atoms with Gasteiger partial charge in [0.2, 0.25) is 0 Å². The normalized spacial score (nSPS) is 24.6. The molecule has 6 rings (SSSR count). The van der Waals surface area contributed by atoms with E-state index < -0.39 is 108 Å². The number of carbonyl (C=O) groups is 2. The SMILES string of the molecule is Cc1ccc(COC(=O)N[C@@H](CSSC(C)(C)C)C(=O)O[C@H]2[C@@H](O)[C@H](Cn3cnc4c(N)ncnc43)O[C@@H]2COP(=O)(O)O[C@H]2[C@@H](O)[C@H](Cn3ccc(N)nc3=O)O[C@@H]2COP(=O)(O)O)cc1. The molecular formula is C37H51N9O17P2S2. The van der Waals surface area contributed by atoms with Gasteiger partial charge in [0.15, 0.2) is 17.6 Å². The largest absolute Gasteiger partial charge is 0.472 e. The minimum atomic E-state index is -5.37. The maximum Gasteiger partial charge on any atom is 0.472 e. The molecule has 3 aromatic heterocycles. The number of ether oxygens (including phenoxy) is 4. The lowest BCUT2D eigenvalue weighted by atomic mass is 10.1. The van der Waals surface area contributed by atoms with Crippen molar-refractivity contribution in [3.05, 3.63) is 70.8 Å². The van der Waals surface area contributed by atoms with Crippen LogP contribution in [0.2, 0.25) is 0 Å². The van der Waals surface area contributed by atoms with E-state index in [0.29, 0.717) is 5.56 Å². The quantitative estimate of drug-likeness (QED) is 0.0345. The molecule has 1 unspecified atom stereocenters. The molecule has 0 spiro atoms. The summed E-state index contributed by atoms with van der Waals surface area (Å²) in [4.78, 5) is 85.2. The maximum atomic E-state index is 14.0. The number of benzene rings is 1. The van der Waals surface area contributed by atoms with Crippen molar-refractivity contribution in [3.63, 3.8) is 0 Å². The van der Waals surface area contributed by atoms with Crippen molar-refractivity contribution in [1.29, 1.82) is 0 Å². The van der Waals surface area contributed by atoms with Gasteiger partial charge in [-0.3, -0.25) is 18.1 Å². The highest BCUT2D eigenvalue weighted by molar-refractivity contribution is 8.77. The number of aliphatic hydroxyl groups is 2. The standard InChI is InChI=1S/C37H51N9O17P2S2/c1-19-5-7-20(8-6-19)13-57-36(51)43-21(16-66-67-37(2,3)4)34(49)62-30-24(60-23(28(30)47)12-46-18-42-27-32(39)40-17-41-33(27)46)15-59-65(55,56)63-31-25(14-58-64(52,53)54)61-22(29(31)48)11-45-10-9-26(38)44-35(45)50/h5-10,17-18,21-25,28-31,47-48H,11-16H2,1-4H3,(H,43,51)(H,55,56)(H2,38,44,50)(H2,39,40,41)(H2,52,53,54)/t21-,22-,23-,24+,25+,28-,29-,30+,31+/m0/s1. The number of fused-ring (bicyclic) bond motifs is 1. The number of nitrogens with one attached hydrogen (secondary N) is 1. The van der Waals surface area contributed by atoms with E-state index in [1.165, 1.54) is 51.1 Å². The van der Waals surface area contributed by atoms with E-state index in [4.69, 9.17) is 39.5 Å². The number of nitrogen functional groups attached to an aromatic ring is 2. The number of aliphatic hydroxyl groups excluding tert-OH is 2. The van der Waals surface area contributed by atoms with Crippen LogP contribution in [0.25, 0.3) is 11.2 Å². The second kappa shape index (κ2) is 22.0. The molecule has 5 heterocycles. The molecule has 30 heteroatoms. The highest BCUT2D eigenvalue weighted by atomic mass is 33.1. The number of phosphoric acid groups is 2. The number of rotatable bonds is 20. The number of imidazole rings is 1. The third kappa shape index (κ3) is 14.6. The number of nitrogens with two attached hydrogens (primary N) is 2. The average molecular weight is 1020 g/mol. The van der Waals surface area contributed by atoms with Gasteiger partial charge in [-0.1, -0.05) is 72.2 Å². The van der Waals surface area contributed by atoms with Gasteiger partial charge in [-0.2, -0.15) is 4.98 Å². The van der Waals surface area contributed by atoms with Crippen LogP contribution in [0.5, 0.6) is 0 Å². The summed E-state index contributed by atoms with van der Waals surface area (Å²) in [6.07, 6.45) is -9.94. The van der Waals surface area contributed by atoms with E-state index in [-0.39, 0.29) is 46.5 Å². The summed E-state index contributed by atoms with van der Waals surface area (Å²) in [5.41, 5.74) is 12.9. The number of carbonyl (C=O) groups excluding carboxylic acids is 2. The zero-order valence-corrected chi connectivity index (χ0v) is 39.7. The molecular weight excluding hydrogens is 969 g/mol. The van der Waals surface area contributed by atoms with E-state index in [1.54, 1.807) is 12.1 Å². The number of phosphoric ester groups is 2. The van der Waals surface area contributed by atoms with Crippen LogP contribution in [-0.4, -0.2) is 145 Å². The Morgan fingerprint density at radius 3 is 2.21 bits per heavy atom. The van der Waals surface area contributed by atoms with Crippen LogP contribution < -0.4 is 22.5 Å². The molecule has 10 N–H and O–H groups in total. The van der Waals surface area contributed by atoms with E-state index >= 15 is 0 Å². The van der Waals surface area contributed by atoms with E-state index in [2.05, 4.69) is 29.8 Å². The number of amides is 1. The summed E-state index contributed by atoms with van der Waals surface area (Å²) < 4.78 is 65.6. The molecule has 0 bridgehead atoms. The number of aryl methyl sites for hydroxylation is 1. The third-order valence-corrected chi connectivity index (χ3v) is 14.7. The second-order valence-corrected chi connectivity index (χ2v) is 22.1. The van der Waals surface area contributed by atoms with Gasteiger partial charge in [0, 0.05) is 16.7 Å². The minimum absolute atomic E-state index is 0.0281. The summed E-state index contributed by atoms with van der Waals surface area (Å²) >= 11 is 0. The van der Waals surface area contributed by atoms with Gasteiger partial charge in [0.25, 0.3) is 0 Å². The number of alkyl carbamates (subject to hydrolysis) is 1. The van der Waals surface area contributed by atoms with Gasteiger partial charge < -0.3 is 65.2 Å². The fraction of sp³-hybridized carbons (Fsp3) is 0.541. The first-order valence-corrected chi connectivity index (χ1v) is 25.6. The lowest BCUT2D eigenvalue weighted by molar-refractivity contribution is -0.158. The van der Waals surface area contributed by atoms with E-state index in [9.17, 15) is 48.4 Å². The molecule has 1 aromatic carbocycles. The molecule has 2 aliphatic rings. The highest BCUT2D eigenvalue weighted by Crippen LogP contribution is 2.49. The lowest BCUT2D eigenvalue weighted by Gasteiger charge is -2.26. The predicted octanol–water partition coefficient (Wildman–Crippen LogP) is 0.811. The monoisotopic (exact) mass is 1020 g/mol. The molecule has 10 atom stereocenters. The Kier molecular flexibility index (Phi) is 17.1. The van der Waals surface area contributed by atoms with Crippen LogP contribution >= 0.6 is 37.2 Å². The molecule has 26 nitrogen and oxygen atoms in total. The lowest BCUT2D eigenvalue weighted by Crippen LogP contribution is -2.48. The highest BCUT2D eigenvalue weighted by Gasteiger charge is 2.51. The van der Waals surface area contributed by atoms with Crippen LogP contribution in [0.4, 0.5) is 16.4 Å². The van der Waals surface area contributed by atoms with Crippen LogP contribution in [-0.2, 0) is 66.1 Å². The number of aromatic nitrogens is 6. The van der Waals surface area contributed by atoms with Gasteiger partial charge in [-0.25, -0.2) is 38.5 Å². The number of esters is 1. The maximum absolute atomic E-state index is 14.0.